The van der Waals surface area contributed by atoms with Gasteiger partial charge in [0.25, 0.3) is 0 Å². The standard InChI is InChI=1S/C42H72O13/c1-21(2)10-9-15-41(7,51)27-13-17-40(6)22-11-12-26-38(3,4)29(14-16-39(26,5)23(22)18-28(45)42(27,40)8)54-37-35(33(49)31(47)25(20-44)53-37)55-36-34(50)32(48)30(46)24(19-43)52-36/h10,22-37,43-51H,9,11-20H2,1-8H3/t22?,23?,24-,25-,26?,27-,28+,29?,30-,31-,32+,33+,34-,35-,36+,37+,39-,40-,41-,42+/m1/s1. The summed E-state index contributed by atoms with van der Waals surface area (Å²) in [5.41, 5.74) is -0.772. The van der Waals surface area contributed by atoms with Gasteiger partial charge in [-0.05, 0) is 118 Å². The fourth-order valence-corrected chi connectivity index (χ4v) is 13.3. The van der Waals surface area contributed by atoms with Gasteiger partial charge in [0.1, 0.15) is 48.8 Å². The smallest absolute Gasteiger partial charge is 0.187 e. The number of allylic oxidation sites excluding steroid dienone is 2. The van der Waals surface area contributed by atoms with E-state index in [0.717, 1.165) is 38.5 Å². The molecule has 13 nitrogen and oxygen atoms in total. The minimum Gasteiger partial charge on any atom is -0.394 e. The molecular weight excluding hydrogens is 712 g/mol. The maximum atomic E-state index is 12.3. The Morgan fingerprint density at radius 1 is 0.745 bits per heavy atom. The van der Waals surface area contributed by atoms with Crippen molar-refractivity contribution in [2.45, 2.75) is 192 Å². The van der Waals surface area contributed by atoms with E-state index in [2.05, 4.69) is 54.5 Å². The Kier molecular flexibility index (Phi) is 12.5. The zero-order valence-electron chi connectivity index (χ0n) is 34.3. The van der Waals surface area contributed by atoms with E-state index >= 15 is 0 Å². The molecule has 2 aliphatic heterocycles. The third-order valence-electron chi connectivity index (χ3n) is 16.7. The molecular formula is C42H72O13. The van der Waals surface area contributed by atoms with Crippen LogP contribution in [-0.2, 0) is 18.9 Å². The van der Waals surface area contributed by atoms with Gasteiger partial charge in [0.05, 0.1) is 31.0 Å². The van der Waals surface area contributed by atoms with Crippen LogP contribution in [0.4, 0.5) is 0 Å². The zero-order valence-corrected chi connectivity index (χ0v) is 34.3. The summed E-state index contributed by atoms with van der Waals surface area (Å²) >= 11 is 0. The predicted molar refractivity (Wildman–Crippen MR) is 201 cm³/mol. The molecule has 4 aliphatic carbocycles. The van der Waals surface area contributed by atoms with Crippen LogP contribution in [-0.4, -0.2) is 138 Å². The molecule has 2 saturated heterocycles. The van der Waals surface area contributed by atoms with Crippen LogP contribution in [0.15, 0.2) is 11.6 Å². The second-order valence-electron chi connectivity index (χ2n) is 20.1. The second-order valence-corrected chi connectivity index (χ2v) is 20.1. The number of ether oxygens (including phenoxy) is 4. The van der Waals surface area contributed by atoms with E-state index in [1.54, 1.807) is 0 Å². The summed E-state index contributed by atoms with van der Waals surface area (Å²) < 4.78 is 24.3. The van der Waals surface area contributed by atoms with Gasteiger partial charge in [0.2, 0.25) is 0 Å². The molecule has 13 heteroatoms. The van der Waals surface area contributed by atoms with Crippen molar-refractivity contribution in [1.82, 2.24) is 0 Å². The van der Waals surface area contributed by atoms with Gasteiger partial charge in [0, 0.05) is 5.41 Å². The Bertz CT molecular complexity index is 1370. The molecule has 4 saturated carbocycles. The topological polar surface area (TPSA) is 219 Å². The van der Waals surface area contributed by atoms with E-state index in [1.165, 1.54) is 5.57 Å². The Morgan fingerprint density at radius 3 is 1.98 bits per heavy atom. The van der Waals surface area contributed by atoms with E-state index < -0.39 is 103 Å². The third-order valence-corrected chi connectivity index (χ3v) is 16.7. The molecule has 4 unspecified atom stereocenters. The van der Waals surface area contributed by atoms with E-state index in [9.17, 15) is 46.0 Å². The highest BCUT2D eigenvalue weighted by Crippen LogP contribution is 2.75. The lowest BCUT2D eigenvalue weighted by Gasteiger charge is -2.69. The van der Waals surface area contributed by atoms with Crippen LogP contribution in [0, 0.1) is 45.3 Å². The van der Waals surface area contributed by atoms with E-state index in [-0.39, 0.29) is 28.6 Å². The van der Waals surface area contributed by atoms with E-state index in [1.807, 2.05) is 6.92 Å². The van der Waals surface area contributed by atoms with Crippen LogP contribution in [0.1, 0.15) is 113 Å². The molecule has 0 spiro atoms. The molecule has 0 aromatic rings. The molecule has 9 N–H and O–H groups in total. The normalized spacial score (nSPS) is 52.0. The summed E-state index contributed by atoms with van der Waals surface area (Å²) in [6, 6.07) is 0. The zero-order chi connectivity index (χ0) is 40.6. The molecule has 6 rings (SSSR count). The molecule has 2 heterocycles. The summed E-state index contributed by atoms with van der Waals surface area (Å²) in [7, 11) is 0. The summed E-state index contributed by atoms with van der Waals surface area (Å²) in [5.74, 6) is 0.830. The van der Waals surface area contributed by atoms with Gasteiger partial charge in [-0.25, -0.2) is 0 Å². The van der Waals surface area contributed by atoms with Crippen LogP contribution in [0.25, 0.3) is 0 Å². The van der Waals surface area contributed by atoms with Gasteiger partial charge < -0.3 is 64.9 Å². The largest absolute Gasteiger partial charge is 0.394 e. The molecule has 0 radical (unpaired) electrons. The molecule has 0 bridgehead atoms. The van der Waals surface area contributed by atoms with Crippen molar-refractivity contribution in [2.75, 3.05) is 13.2 Å². The quantitative estimate of drug-likeness (QED) is 0.115. The number of hydrogen-bond donors (Lipinski definition) is 9. The van der Waals surface area contributed by atoms with Crippen molar-refractivity contribution in [1.29, 1.82) is 0 Å². The summed E-state index contributed by atoms with van der Waals surface area (Å²) in [4.78, 5) is 0. The lowest BCUT2D eigenvalue weighted by atomic mass is 9.37. The van der Waals surface area contributed by atoms with Crippen LogP contribution < -0.4 is 0 Å². The number of aliphatic hydroxyl groups excluding tert-OH is 8. The highest BCUT2D eigenvalue weighted by molar-refractivity contribution is 5.20. The molecule has 0 aromatic heterocycles. The SMILES string of the molecule is CC(C)=CCC[C@@](C)(O)[C@H]1CC[C@]2(C)C3CCC4C(C)(C)C(O[C@@H]5O[C@H](CO)[C@@H](O)[C@H](O)[C@H]5O[C@@H]5O[C@H](CO)[C@@H](O)[C@H](O)[C@H]5O)CC[C@]4(C)C3C[C@H](O)[C@]12C. The number of rotatable bonds is 10. The Morgan fingerprint density at radius 2 is 1.36 bits per heavy atom. The van der Waals surface area contributed by atoms with E-state index in [0.29, 0.717) is 25.2 Å². The first kappa shape index (κ1) is 43.8. The fraction of sp³-hybridized carbons (Fsp3) is 0.952. The molecule has 6 aliphatic rings. The van der Waals surface area contributed by atoms with Crippen LogP contribution in [0.3, 0.4) is 0 Å². The molecule has 20 atom stereocenters. The highest BCUT2D eigenvalue weighted by Gasteiger charge is 2.72. The average Bonchev–Trinajstić information content (AvgIpc) is 3.42. The third kappa shape index (κ3) is 7.10. The summed E-state index contributed by atoms with van der Waals surface area (Å²) in [6.07, 6.45) is -6.47. The van der Waals surface area contributed by atoms with Crippen molar-refractivity contribution in [2.24, 2.45) is 45.3 Å². The molecule has 0 amide bonds. The minimum atomic E-state index is -1.75. The highest BCUT2D eigenvalue weighted by atomic mass is 16.8. The Labute approximate surface area is 327 Å². The second kappa shape index (κ2) is 15.7. The van der Waals surface area contributed by atoms with Gasteiger partial charge in [-0.15, -0.1) is 0 Å². The first-order chi connectivity index (χ1) is 25.6. The number of hydrogen-bond acceptors (Lipinski definition) is 13. The van der Waals surface area contributed by atoms with Crippen molar-refractivity contribution < 1.29 is 64.9 Å². The van der Waals surface area contributed by atoms with Gasteiger partial charge in [-0.3, -0.25) is 0 Å². The number of aliphatic hydroxyl groups is 9. The first-order valence-electron chi connectivity index (χ1n) is 20.9. The van der Waals surface area contributed by atoms with Crippen molar-refractivity contribution in [3.8, 4) is 0 Å². The minimum absolute atomic E-state index is 0.0112. The Balaban J connectivity index is 1.22. The van der Waals surface area contributed by atoms with E-state index in [4.69, 9.17) is 18.9 Å². The van der Waals surface area contributed by atoms with Crippen LogP contribution in [0.5, 0.6) is 0 Å². The fourth-order valence-electron chi connectivity index (χ4n) is 13.3. The van der Waals surface area contributed by atoms with Crippen LogP contribution >= 0.6 is 0 Å². The predicted octanol–water partition coefficient (Wildman–Crippen LogP) is 2.15. The summed E-state index contributed by atoms with van der Waals surface area (Å²) in [5, 5.41) is 97.6. The van der Waals surface area contributed by atoms with Crippen molar-refractivity contribution in [3.05, 3.63) is 11.6 Å². The Hall–Kier alpha value is -0.780. The lowest BCUT2D eigenvalue weighted by Crippen LogP contribution is -2.67. The van der Waals surface area contributed by atoms with Gasteiger partial charge in [-0.2, -0.15) is 0 Å². The molecule has 0 aromatic carbocycles. The number of fused-ring (bicyclic) bond motifs is 5. The molecule has 6 fully saturated rings. The lowest BCUT2D eigenvalue weighted by molar-refractivity contribution is -0.378. The average molecular weight is 785 g/mol. The maximum absolute atomic E-state index is 12.3. The van der Waals surface area contributed by atoms with Crippen molar-refractivity contribution >= 4 is 0 Å². The maximum Gasteiger partial charge on any atom is 0.187 e. The first-order valence-corrected chi connectivity index (χ1v) is 20.9. The van der Waals surface area contributed by atoms with Crippen LogP contribution in [0.2, 0.25) is 0 Å². The summed E-state index contributed by atoms with van der Waals surface area (Å²) in [6.45, 7) is 16.3. The van der Waals surface area contributed by atoms with Gasteiger partial charge in [-0.1, -0.05) is 46.3 Å². The monoisotopic (exact) mass is 784 g/mol. The molecule has 318 valence electrons. The van der Waals surface area contributed by atoms with Gasteiger partial charge in [0.15, 0.2) is 12.6 Å². The molecule has 55 heavy (non-hydrogen) atoms. The van der Waals surface area contributed by atoms with Crippen molar-refractivity contribution in [3.63, 3.8) is 0 Å². The van der Waals surface area contributed by atoms with Gasteiger partial charge >= 0.3 is 0 Å².